The third kappa shape index (κ3) is 3.32. The monoisotopic (exact) mass is 262 g/mol. The van der Waals surface area contributed by atoms with Gasteiger partial charge in [0, 0.05) is 18.3 Å². The first-order valence-electron chi connectivity index (χ1n) is 5.21. The smallest absolute Gasteiger partial charge is 0.150 e. The van der Waals surface area contributed by atoms with Crippen LogP contribution in [-0.2, 0) is 0 Å². The molecule has 0 radical (unpaired) electrons. The highest BCUT2D eigenvalue weighted by Crippen LogP contribution is 2.25. The minimum atomic E-state index is -1.59. The van der Waals surface area contributed by atoms with Crippen LogP contribution in [0.5, 0.6) is 11.5 Å². The molecular weight excluding hydrogens is 253 g/mol. The summed E-state index contributed by atoms with van der Waals surface area (Å²) >= 11 is 0. The third-order valence-corrected chi connectivity index (χ3v) is 2.17. The molecule has 0 aliphatic rings. The quantitative estimate of drug-likeness (QED) is 0.869. The number of ether oxygens (including phenoxy) is 1. The lowest BCUT2D eigenvalue weighted by Crippen LogP contribution is -2.29. The molecule has 1 aromatic heterocycles. The summed E-state index contributed by atoms with van der Waals surface area (Å²) in [7, 11) is 0. The van der Waals surface area contributed by atoms with Crippen molar-refractivity contribution in [1.29, 1.82) is 0 Å². The Morgan fingerprint density at radius 1 is 1.32 bits per heavy atom. The summed E-state index contributed by atoms with van der Waals surface area (Å²) in [6, 6.07) is 6.71. The molecule has 2 rings (SSSR count). The predicted octanol–water partition coefficient (Wildman–Crippen LogP) is 1.35. The summed E-state index contributed by atoms with van der Waals surface area (Å²) in [4.78, 5) is 14.1. The number of amides is 1. The Morgan fingerprint density at radius 2 is 2.05 bits per heavy atom. The molecule has 7 heteroatoms. The average Bonchev–Trinajstić information content (AvgIpc) is 2.32. The second-order valence-corrected chi connectivity index (χ2v) is 3.57. The molecule has 0 aliphatic carbocycles. The first-order chi connectivity index (χ1) is 9.04. The van der Waals surface area contributed by atoms with Crippen LogP contribution in [0.2, 0.25) is 0 Å². The van der Waals surface area contributed by atoms with Gasteiger partial charge >= 0.3 is 0 Å². The van der Waals surface area contributed by atoms with Gasteiger partial charge in [0.15, 0.2) is 0 Å². The van der Waals surface area contributed by atoms with Crippen molar-refractivity contribution in [2.75, 3.05) is 11.1 Å². The van der Waals surface area contributed by atoms with E-state index in [0.717, 1.165) is 6.07 Å². The Morgan fingerprint density at radius 3 is 2.68 bits per heavy atom. The number of aromatic nitrogens is 1. The average molecular weight is 262 g/mol. The van der Waals surface area contributed by atoms with E-state index in [4.69, 9.17) is 10.5 Å². The van der Waals surface area contributed by atoms with Gasteiger partial charge in [0.25, 0.3) is 0 Å². The largest absolute Gasteiger partial charge is 0.530 e. The number of halogens is 1. The van der Waals surface area contributed by atoms with Gasteiger partial charge in [-0.15, -0.1) is 0 Å². The van der Waals surface area contributed by atoms with Crippen molar-refractivity contribution in [3.63, 3.8) is 0 Å². The van der Waals surface area contributed by atoms with Crippen molar-refractivity contribution < 1.29 is 19.0 Å². The summed E-state index contributed by atoms with van der Waals surface area (Å²) in [6.45, 7) is 0. The van der Waals surface area contributed by atoms with Crippen molar-refractivity contribution in [2.45, 2.75) is 0 Å². The highest BCUT2D eigenvalue weighted by molar-refractivity contribution is 5.81. The van der Waals surface area contributed by atoms with Crippen LogP contribution in [-0.4, -0.2) is 11.1 Å². The van der Waals surface area contributed by atoms with Crippen molar-refractivity contribution >= 4 is 17.6 Å². The van der Waals surface area contributed by atoms with Crippen LogP contribution < -0.4 is 20.9 Å². The summed E-state index contributed by atoms with van der Waals surface area (Å²) in [5, 5.41) is 12.1. The van der Waals surface area contributed by atoms with Crippen LogP contribution in [0.15, 0.2) is 36.5 Å². The molecule has 0 spiro atoms. The van der Waals surface area contributed by atoms with Crippen LogP contribution in [0.3, 0.4) is 0 Å². The molecule has 0 fully saturated rings. The zero-order valence-corrected chi connectivity index (χ0v) is 9.59. The van der Waals surface area contributed by atoms with E-state index >= 15 is 0 Å². The van der Waals surface area contributed by atoms with Gasteiger partial charge in [-0.25, -0.2) is 9.37 Å². The number of carboxylic acid groups (broad SMARTS) is 1. The van der Waals surface area contributed by atoms with Crippen LogP contribution >= 0.6 is 0 Å². The fraction of sp³-hybridized carbons (Fsp3) is 0. The van der Waals surface area contributed by atoms with Gasteiger partial charge in [-0.05, 0) is 18.2 Å². The third-order valence-electron chi connectivity index (χ3n) is 2.17. The van der Waals surface area contributed by atoms with Crippen LogP contribution in [0, 0.1) is 5.82 Å². The number of carbonyl (C=O) groups is 1. The molecule has 0 unspecified atom stereocenters. The Bertz CT molecular complexity index is 619. The van der Waals surface area contributed by atoms with E-state index in [1.165, 1.54) is 24.4 Å². The molecule has 0 aliphatic heterocycles. The number of rotatable bonds is 3. The molecule has 0 bridgehead atoms. The SMILES string of the molecule is Nc1cc(Oc2ccc(NC(=O)[O-])c(F)c2)ccn1. The zero-order valence-electron chi connectivity index (χ0n) is 9.59. The molecule has 1 amide bonds. The van der Waals surface area contributed by atoms with Gasteiger partial charge in [0.1, 0.15) is 29.2 Å². The Balaban J connectivity index is 2.18. The van der Waals surface area contributed by atoms with E-state index in [2.05, 4.69) is 4.98 Å². The zero-order chi connectivity index (χ0) is 13.8. The van der Waals surface area contributed by atoms with E-state index in [1.54, 1.807) is 6.07 Å². The number of hydrogen-bond acceptors (Lipinski definition) is 5. The molecule has 0 saturated heterocycles. The fourth-order valence-electron chi connectivity index (χ4n) is 1.40. The molecule has 0 saturated carbocycles. The maximum absolute atomic E-state index is 13.5. The number of carbonyl (C=O) groups excluding carboxylic acids is 1. The van der Waals surface area contributed by atoms with Gasteiger partial charge < -0.3 is 25.7 Å². The number of pyridine rings is 1. The highest BCUT2D eigenvalue weighted by atomic mass is 19.1. The molecule has 19 heavy (non-hydrogen) atoms. The van der Waals surface area contributed by atoms with E-state index in [-0.39, 0.29) is 17.3 Å². The van der Waals surface area contributed by atoms with E-state index in [9.17, 15) is 14.3 Å². The van der Waals surface area contributed by atoms with E-state index in [1.807, 2.05) is 5.32 Å². The van der Waals surface area contributed by atoms with Crippen molar-refractivity contribution in [2.24, 2.45) is 0 Å². The maximum atomic E-state index is 13.5. The number of nitrogens with one attached hydrogen (secondary N) is 1. The van der Waals surface area contributed by atoms with Gasteiger partial charge in [-0.3, -0.25) is 0 Å². The Hall–Kier alpha value is -2.83. The molecule has 3 N–H and O–H groups in total. The molecule has 0 atom stereocenters. The maximum Gasteiger partial charge on any atom is 0.150 e. The second kappa shape index (κ2) is 5.21. The summed E-state index contributed by atoms with van der Waals surface area (Å²) < 4.78 is 18.9. The van der Waals surface area contributed by atoms with Crippen molar-refractivity contribution in [1.82, 2.24) is 4.98 Å². The lowest BCUT2D eigenvalue weighted by atomic mass is 10.3. The first kappa shape index (κ1) is 12.6. The number of nitrogens with zero attached hydrogens (tertiary/aromatic N) is 1. The minimum Gasteiger partial charge on any atom is -0.530 e. The lowest BCUT2D eigenvalue weighted by Gasteiger charge is -2.10. The number of hydrogen-bond donors (Lipinski definition) is 2. The summed E-state index contributed by atoms with van der Waals surface area (Å²) in [5.41, 5.74) is 5.27. The fourth-order valence-corrected chi connectivity index (χ4v) is 1.40. The number of benzene rings is 1. The van der Waals surface area contributed by atoms with Crippen molar-refractivity contribution in [3.8, 4) is 11.5 Å². The summed E-state index contributed by atoms with van der Waals surface area (Å²) in [6.07, 6.45) is -0.137. The van der Waals surface area contributed by atoms with Gasteiger partial charge in [0.2, 0.25) is 0 Å². The first-order valence-corrected chi connectivity index (χ1v) is 5.21. The Kier molecular flexibility index (Phi) is 3.46. The van der Waals surface area contributed by atoms with Gasteiger partial charge in [-0.1, -0.05) is 0 Å². The summed E-state index contributed by atoms with van der Waals surface area (Å²) in [5.74, 6) is 0.0939. The molecule has 6 nitrogen and oxygen atoms in total. The minimum absolute atomic E-state index is 0.201. The number of nitrogens with two attached hydrogens (primary N) is 1. The van der Waals surface area contributed by atoms with E-state index < -0.39 is 11.9 Å². The molecule has 2 aromatic rings. The van der Waals surface area contributed by atoms with Crippen LogP contribution in [0.1, 0.15) is 0 Å². The molecular formula is C12H9FN3O3-. The van der Waals surface area contributed by atoms with Gasteiger partial charge in [-0.2, -0.15) is 0 Å². The molecule has 98 valence electrons. The number of anilines is 2. The standard InChI is InChI=1S/C12H10FN3O3/c13-9-5-7(1-2-10(9)16-12(17)18)19-8-3-4-15-11(14)6-8/h1-6,16H,(H2,14,15)(H,17,18)/p-1. The molecule has 1 aromatic carbocycles. The Labute approximate surface area is 107 Å². The van der Waals surface area contributed by atoms with E-state index in [0.29, 0.717) is 5.75 Å². The normalized spacial score (nSPS) is 9.95. The predicted molar refractivity (Wildman–Crippen MR) is 64.1 cm³/mol. The second-order valence-electron chi connectivity index (χ2n) is 3.57. The van der Waals surface area contributed by atoms with Crippen LogP contribution in [0.25, 0.3) is 0 Å². The van der Waals surface area contributed by atoms with Gasteiger partial charge in [0.05, 0.1) is 5.69 Å². The topological polar surface area (TPSA) is 100 Å². The lowest BCUT2D eigenvalue weighted by molar-refractivity contribution is -0.242. The van der Waals surface area contributed by atoms with Crippen LogP contribution in [0.4, 0.5) is 20.7 Å². The van der Waals surface area contributed by atoms with Crippen molar-refractivity contribution in [3.05, 3.63) is 42.3 Å². The highest BCUT2D eigenvalue weighted by Gasteiger charge is 2.05. The number of nitrogen functional groups attached to an aromatic ring is 1. The molecule has 1 heterocycles.